The van der Waals surface area contributed by atoms with Gasteiger partial charge in [0.05, 0.1) is 6.10 Å². The van der Waals surface area contributed by atoms with Crippen LogP contribution >= 0.6 is 0 Å². The second-order valence-corrected chi connectivity index (χ2v) is 4.94. The molecule has 3 rings (SSSR count). The first-order valence-corrected chi connectivity index (χ1v) is 6.25. The molecule has 1 aromatic carbocycles. The number of hydrogen-bond acceptors (Lipinski definition) is 2. The quantitative estimate of drug-likeness (QED) is 0.741. The van der Waals surface area contributed by atoms with E-state index in [0.717, 1.165) is 35.9 Å². The molecule has 0 amide bonds. The molecule has 0 bridgehead atoms. The van der Waals surface area contributed by atoms with Gasteiger partial charge in [-0.2, -0.15) is 0 Å². The Bertz CT molecular complexity index is 526. The lowest BCUT2D eigenvalue weighted by Crippen LogP contribution is -2.28. The molecule has 3 nitrogen and oxygen atoms in total. The van der Waals surface area contributed by atoms with Gasteiger partial charge in [0.15, 0.2) is 0 Å². The van der Waals surface area contributed by atoms with Crippen molar-refractivity contribution in [3.05, 3.63) is 35.5 Å². The lowest BCUT2D eigenvalue weighted by Gasteiger charge is -2.17. The van der Waals surface area contributed by atoms with Gasteiger partial charge in [-0.25, -0.2) is 0 Å². The molecule has 2 heterocycles. The zero-order chi connectivity index (χ0) is 11.8. The summed E-state index contributed by atoms with van der Waals surface area (Å²) in [5, 5.41) is 14.9. The van der Waals surface area contributed by atoms with Crippen molar-refractivity contribution in [3.63, 3.8) is 0 Å². The van der Waals surface area contributed by atoms with Crippen LogP contribution in [0.1, 0.15) is 30.1 Å². The molecular weight excluding hydrogens is 212 g/mol. The SMILES string of the molecule is Cc1ccc2c(C(O)C3CCCN3)c[nH]c2c1. The van der Waals surface area contributed by atoms with Crippen molar-refractivity contribution in [2.75, 3.05) is 6.54 Å². The number of aliphatic hydroxyl groups is 1. The fourth-order valence-corrected chi connectivity index (χ4v) is 2.70. The Labute approximate surface area is 101 Å². The average molecular weight is 230 g/mol. The van der Waals surface area contributed by atoms with Gasteiger partial charge >= 0.3 is 0 Å². The zero-order valence-electron chi connectivity index (χ0n) is 10.0. The number of benzene rings is 1. The van der Waals surface area contributed by atoms with Gasteiger partial charge in [-0.1, -0.05) is 12.1 Å². The third-order valence-electron chi connectivity index (χ3n) is 3.67. The summed E-state index contributed by atoms with van der Waals surface area (Å²) in [7, 11) is 0. The number of H-pyrrole nitrogens is 1. The summed E-state index contributed by atoms with van der Waals surface area (Å²) in [5.41, 5.74) is 3.36. The van der Waals surface area contributed by atoms with E-state index in [1.807, 2.05) is 6.20 Å². The summed E-state index contributed by atoms with van der Waals surface area (Å²) in [4.78, 5) is 3.25. The molecule has 2 atom stereocenters. The Hall–Kier alpha value is -1.32. The number of nitrogens with one attached hydrogen (secondary N) is 2. The van der Waals surface area contributed by atoms with Crippen molar-refractivity contribution >= 4 is 10.9 Å². The molecule has 1 fully saturated rings. The van der Waals surface area contributed by atoms with E-state index in [9.17, 15) is 5.11 Å². The van der Waals surface area contributed by atoms with Crippen molar-refractivity contribution in [3.8, 4) is 0 Å². The van der Waals surface area contributed by atoms with Crippen LogP contribution in [0.2, 0.25) is 0 Å². The minimum Gasteiger partial charge on any atom is -0.387 e. The molecule has 90 valence electrons. The standard InChI is InChI=1S/C14H18N2O/c1-9-4-5-10-11(8-16-13(10)7-9)14(17)12-3-2-6-15-12/h4-5,7-8,12,14-17H,2-3,6H2,1H3. The Morgan fingerprint density at radius 2 is 2.29 bits per heavy atom. The Kier molecular flexibility index (Phi) is 2.65. The van der Waals surface area contributed by atoms with Crippen molar-refractivity contribution < 1.29 is 5.11 Å². The maximum atomic E-state index is 10.4. The molecule has 1 aliphatic rings. The monoisotopic (exact) mass is 230 g/mol. The maximum Gasteiger partial charge on any atom is 0.0963 e. The summed E-state index contributed by atoms with van der Waals surface area (Å²) in [5.74, 6) is 0. The van der Waals surface area contributed by atoms with Crippen LogP contribution < -0.4 is 5.32 Å². The van der Waals surface area contributed by atoms with Crippen LogP contribution in [0, 0.1) is 6.92 Å². The first-order chi connectivity index (χ1) is 8.25. The second-order valence-electron chi connectivity index (χ2n) is 4.94. The number of aromatic nitrogens is 1. The Morgan fingerprint density at radius 3 is 3.06 bits per heavy atom. The molecule has 0 radical (unpaired) electrons. The topological polar surface area (TPSA) is 48.0 Å². The van der Waals surface area contributed by atoms with Crippen LogP contribution in [0.4, 0.5) is 0 Å². The largest absolute Gasteiger partial charge is 0.387 e. The molecule has 0 spiro atoms. The van der Waals surface area contributed by atoms with Crippen molar-refractivity contribution in [2.24, 2.45) is 0 Å². The van der Waals surface area contributed by atoms with Crippen molar-refractivity contribution in [1.82, 2.24) is 10.3 Å². The lowest BCUT2D eigenvalue weighted by atomic mass is 10.00. The van der Waals surface area contributed by atoms with E-state index in [2.05, 4.69) is 35.4 Å². The molecule has 2 aromatic rings. The van der Waals surface area contributed by atoms with E-state index in [4.69, 9.17) is 0 Å². The molecule has 1 aliphatic heterocycles. The van der Waals surface area contributed by atoms with E-state index >= 15 is 0 Å². The van der Waals surface area contributed by atoms with Gasteiger partial charge in [0.1, 0.15) is 0 Å². The fourth-order valence-electron chi connectivity index (χ4n) is 2.70. The molecule has 0 saturated carbocycles. The van der Waals surface area contributed by atoms with Gasteiger partial charge in [-0.05, 0) is 37.9 Å². The lowest BCUT2D eigenvalue weighted by molar-refractivity contribution is 0.139. The molecule has 17 heavy (non-hydrogen) atoms. The summed E-state index contributed by atoms with van der Waals surface area (Å²) in [6.07, 6.45) is 3.74. The maximum absolute atomic E-state index is 10.4. The number of hydrogen-bond donors (Lipinski definition) is 3. The third kappa shape index (κ3) is 1.85. The fraction of sp³-hybridized carbons (Fsp3) is 0.429. The first kappa shape index (κ1) is 10.8. The van der Waals surface area contributed by atoms with Gasteiger partial charge in [0.25, 0.3) is 0 Å². The third-order valence-corrected chi connectivity index (χ3v) is 3.67. The first-order valence-electron chi connectivity index (χ1n) is 6.25. The highest BCUT2D eigenvalue weighted by atomic mass is 16.3. The van der Waals surface area contributed by atoms with Crippen LogP contribution in [-0.2, 0) is 0 Å². The molecule has 3 heteroatoms. The molecule has 1 saturated heterocycles. The molecule has 1 aromatic heterocycles. The zero-order valence-corrected chi connectivity index (χ0v) is 10.0. The predicted molar refractivity (Wildman–Crippen MR) is 69.0 cm³/mol. The van der Waals surface area contributed by atoms with E-state index in [1.165, 1.54) is 5.56 Å². The normalized spacial score (nSPS) is 22.1. The molecule has 3 N–H and O–H groups in total. The van der Waals surface area contributed by atoms with Crippen LogP contribution in [0.3, 0.4) is 0 Å². The van der Waals surface area contributed by atoms with E-state index in [0.29, 0.717) is 0 Å². The van der Waals surface area contributed by atoms with Gasteiger partial charge in [-0.15, -0.1) is 0 Å². The van der Waals surface area contributed by atoms with Crippen LogP contribution in [-0.4, -0.2) is 22.7 Å². The smallest absolute Gasteiger partial charge is 0.0963 e. The molecular formula is C14H18N2O. The predicted octanol–water partition coefficient (Wildman–Crippen LogP) is 2.26. The summed E-state index contributed by atoms with van der Waals surface area (Å²) in [6.45, 7) is 3.10. The highest BCUT2D eigenvalue weighted by Gasteiger charge is 2.25. The number of rotatable bonds is 2. The number of fused-ring (bicyclic) bond motifs is 1. The highest BCUT2D eigenvalue weighted by Crippen LogP contribution is 2.29. The minimum absolute atomic E-state index is 0.204. The summed E-state index contributed by atoms with van der Waals surface area (Å²) < 4.78 is 0. The minimum atomic E-state index is -0.408. The van der Waals surface area contributed by atoms with Gasteiger partial charge in [0, 0.05) is 28.7 Å². The Balaban J connectivity index is 1.99. The van der Waals surface area contributed by atoms with Crippen LogP contribution in [0.5, 0.6) is 0 Å². The Morgan fingerprint density at radius 1 is 1.41 bits per heavy atom. The number of aromatic amines is 1. The number of aryl methyl sites for hydroxylation is 1. The van der Waals surface area contributed by atoms with E-state index < -0.39 is 6.10 Å². The summed E-state index contributed by atoms with van der Waals surface area (Å²) in [6, 6.07) is 6.51. The second kappa shape index (κ2) is 4.17. The van der Waals surface area contributed by atoms with Crippen LogP contribution in [0.15, 0.2) is 24.4 Å². The van der Waals surface area contributed by atoms with Crippen molar-refractivity contribution in [2.45, 2.75) is 31.9 Å². The van der Waals surface area contributed by atoms with Gasteiger partial charge in [-0.3, -0.25) is 0 Å². The molecule has 2 unspecified atom stereocenters. The van der Waals surface area contributed by atoms with Gasteiger partial charge < -0.3 is 15.4 Å². The summed E-state index contributed by atoms with van der Waals surface area (Å²) >= 11 is 0. The van der Waals surface area contributed by atoms with E-state index in [-0.39, 0.29) is 6.04 Å². The van der Waals surface area contributed by atoms with Crippen molar-refractivity contribution in [1.29, 1.82) is 0 Å². The number of aliphatic hydroxyl groups excluding tert-OH is 1. The van der Waals surface area contributed by atoms with E-state index in [1.54, 1.807) is 0 Å². The molecule has 0 aliphatic carbocycles. The highest BCUT2D eigenvalue weighted by molar-refractivity contribution is 5.84. The van der Waals surface area contributed by atoms with Crippen LogP contribution in [0.25, 0.3) is 10.9 Å². The average Bonchev–Trinajstić information content (AvgIpc) is 2.96. The van der Waals surface area contributed by atoms with Gasteiger partial charge in [0.2, 0.25) is 0 Å².